The number of nitrogens with one attached hydrogen (secondary N) is 2. The number of rotatable bonds is 8. The Morgan fingerprint density at radius 3 is 2.51 bits per heavy atom. The van der Waals surface area contributed by atoms with Crippen LogP contribution in [0.25, 0.3) is 0 Å². The fourth-order valence-corrected chi connectivity index (χ4v) is 5.11. The van der Waals surface area contributed by atoms with Crippen LogP contribution in [0.5, 0.6) is 5.75 Å². The van der Waals surface area contributed by atoms with Crippen LogP contribution >= 0.6 is 0 Å². The Balaban J connectivity index is 1.34. The van der Waals surface area contributed by atoms with Crippen LogP contribution in [-0.4, -0.2) is 61.6 Å². The predicted octanol–water partition coefficient (Wildman–Crippen LogP) is 3.93. The van der Waals surface area contributed by atoms with Crippen LogP contribution in [0.4, 0.5) is 5.69 Å². The van der Waals surface area contributed by atoms with E-state index in [9.17, 15) is 9.59 Å². The number of piperazine rings is 1. The largest absolute Gasteiger partial charge is 0.478 e. The molecule has 2 aromatic carbocycles. The first kappa shape index (κ1) is 27.0. The van der Waals surface area contributed by atoms with Gasteiger partial charge in [0.15, 0.2) is 5.60 Å². The zero-order valence-corrected chi connectivity index (χ0v) is 22.8. The Hall–Kier alpha value is -3.06. The summed E-state index contributed by atoms with van der Waals surface area (Å²) in [7, 11) is 0. The maximum Gasteiger partial charge on any atom is 0.266 e. The molecule has 0 bridgehead atoms. The smallest absolute Gasteiger partial charge is 0.266 e. The molecule has 0 aliphatic carbocycles. The molecule has 0 aromatic heterocycles. The van der Waals surface area contributed by atoms with Crippen molar-refractivity contribution in [3.05, 3.63) is 59.7 Å². The van der Waals surface area contributed by atoms with Crippen molar-refractivity contribution < 1.29 is 14.3 Å². The molecule has 2 amide bonds. The van der Waals surface area contributed by atoms with Crippen LogP contribution in [0.2, 0.25) is 0 Å². The molecule has 1 atom stereocenters. The van der Waals surface area contributed by atoms with E-state index in [0.29, 0.717) is 37.8 Å². The third-order valence-electron chi connectivity index (χ3n) is 7.38. The van der Waals surface area contributed by atoms with Crippen molar-refractivity contribution in [1.82, 2.24) is 15.5 Å². The maximum atomic E-state index is 13.1. The van der Waals surface area contributed by atoms with E-state index in [1.807, 2.05) is 36.9 Å². The molecule has 7 nitrogen and oxygen atoms in total. The number of hydrogen-bond donors (Lipinski definition) is 2. The fourth-order valence-electron chi connectivity index (χ4n) is 5.11. The van der Waals surface area contributed by atoms with Gasteiger partial charge in [0.1, 0.15) is 5.75 Å². The van der Waals surface area contributed by atoms with Crippen molar-refractivity contribution >= 4 is 17.5 Å². The van der Waals surface area contributed by atoms with Gasteiger partial charge in [-0.05, 0) is 55.9 Å². The van der Waals surface area contributed by atoms with Crippen LogP contribution in [0.3, 0.4) is 0 Å². The number of ether oxygens (including phenoxy) is 1. The zero-order chi connectivity index (χ0) is 26.4. The molecular weight excluding hydrogens is 464 g/mol. The molecule has 0 saturated carbocycles. The Morgan fingerprint density at radius 2 is 1.81 bits per heavy atom. The molecule has 2 saturated heterocycles. The van der Waals surface area contributed by atoms with E-state index in [-0.39, 0.29) is 17.7 Å². The molecule has 200 valence electrons. The second-order valence-electron chi connectivity index (χ2n) is 11.1. The number of piperidine rings is 1. The summed E-state index contributed by atoms with van der Waals surface area (Å²) < 4.78 is 6.22. The highest BCUT2D eigenvalue weighted by atomic mass is 16.5. The van der Waals surface area contributed by atoms with Gasteiger partial charge < -0.3 is 25.2 Å². The zero-order valence-electron chi connectivity index (χ0n) is 22.8. The summed E-state index contributed by atoms with van der Waals surface area (Å²) in [6.45, 7) is 13.2. The number of amides is 2. The summed E-state index contributed by atoms with van der Waals surface area (Å²) in [5.41, 5.74) is 2.49. The Kier molecular flexibility index (Phi) is 8.75. The van der Waals surface area contributed by atoms with E-state index in [4.69, 9.17) is 4.74 Å². The molecule has 2 fully saturated rings. The Labute approximate surface area is 221 Å². The number of carbonyl (C=O) groups is 2. The van der Waals surface area contributed by atoms with Crippen molar-refractivity contribution in [2.24, 2.45) is 5.92 Å². The number of carbonyl (C=O) groups excluding carboxylic acids is 2. The van der Waals surface area contributed by atoms with Crippen LogP contribution in [0.15, 0.2) is 48.5 Å². The lowest BCUT2D eigenvalue weighted by atomic mass is 9.96. The third-order valence-corrected chi connectivity index (χ3v) is 7.38. The van der Waals surface area contributed by atoms with Gasteiger partial charge >= 0.3 is 0 Å². The number of anilines is 1. The van der Waals surface area contributed by atoms with Crippen LogP contribution < -0.4 is 20.3 Å². The second-order valence-corrected chi connectivity index (χ2v) is 11.1. The molecule has 37 heavy (non-hydrogen) atoms. The third kappa shape index (κ3) is 7.04. The summed E-state index contributed by atoms with van der Waals surface area (Å²) >= 11 is 0. The topological polar surface area (TPSA) is 73.9 Å². The monoisotopic (exact) mass is 506 g/mol. The van der Waals surface area contributed by atoms with Gasteiger partial charge in [-0.2, -0.15) is 0 Å². The van der Waals surface area contributed by atoms with E-state index in [0.717, 1.165) is 43.7 Å². The SMILES string of the molecule is CC(C)c1ccc(CNC(=O)[C@H]2CCCN(c3cccc(OC(C)(C)C(=O)N4CCNCC4)c3)C2)cc1. The summed E-state index contributed by atoms with van der Waals surface area (Å²) in [5.74, 6) is 1.22. The van der Waals surface area contributed by atoms with Gasteiger partial charge in [0.05, 0.1) is 5.92 Å². The summed E-state index contributed by atoms with van der Waals surface area (Å²) in [6.07, 6.45) is 1.84. The molecule has 7 heteroatoms. The standard InChI is InChI=1S/C30H42N4O3/c1-22(2)24-12-10-23(11-13-24)20-32-28(35)25-7-6-16-34(21-25)26-8-5-9-27(19-26)37-30(3,4)29(36)33-17-14-31-15-18-33/h5,8-13,19,22,25,31H,6-7,14-18,20-21H2,1-4H3,(H,32,35)/t25-/m0/s1. The number of hydrogen-bond acceptors (Lipinski definition) is 5. The summed E-state index contributed by atoms with van der Waals surface area (Å²) in [6, 6.07) is 16.4. The van der Waals surface area contributed by atoms with Gasteiger partial charge in [0, 0.05) is 57.6 Å². The van der Waals surface area contributed by atoms with E-state index >= 15 is 0 Å². The van der Waals surface area contributed by atoms with Crippen molar-refractivity contribution in [3.63, 3.8) is 0 Å². The molecule has 0 unspecified atom stereocenters. The highest BCUT2D eigenvalue weighted by molar-refractivity contribution is 5.85. The minimum absolute atomic E-state index is 0.00737. The predicted molar refractivity (Wildman–Crippen MR) is 148 cm³/mol. The van der Waals surface area contributed by atoms with Crippen LogP contribution in [0, 0.1) is 5.92 Å². The lowest BCUT2D eigenvalue weighted by Gasteiger charge is -2.36. The lowest BCUT2D eigenvalue weighted by molar-refractivity contribution is -0.146. The maximum absolute atomic E-state index is 13.1. The van der Waals surface area contributed by atoms with Crippen molar-refractivity contribution in [1.29, 1.82) is 0 Å². The van der Waals surface area contributed by atoms with E-state index in [1.165, 1.54) is 5.56 Å². The molecule has 0 spiro atoms. The average Bonchev–Trinajstić information content (AvgIpc) is 2.92. The van der Waals surface area contributed by atoms with Gasteiger partial charge in [-0.1, -0.05) is 44.2 Å². The highest BCUT2D eigenvalue weighted by Crippen LogP contribution is 2.29. The van der Waals surface area contributed by atoms with Crippen LogP contribution in [0.1, 0.15) is 57.6 Å². The van der Waals surface area contributed by atoms with E-state index in [2.05, 4.69) is 59.7 Å². The van der Waals surface area contributed by atoms with Gasteiger partial charge in [-0.3, -0.25) is 9.59 Å². The molecule has 2 aliphatic rings. The van der Waals surface area contributed by atoms with Crippen molar-refractivity contribution in [3.8, 4) is 5.75 Å². The molecule has 2 heterocycles. The van der Waals surface area contributed by atoms with Crippen LogP contribution in [-0.2, 0) is 16.1 Å². The molecule has 2 aliphatic heterocycles. The lowest BCUT2D eigenvalue weighted by Crippen LogP contribution is -2.54. The van der Waals surface area contributed by atoms with E-state index in [1.54, 1.807) is 0 Å². The minimum atomic E-state index is -0.951. The molecule has 2 N–H and O–H groups in total. The van der Waals surface area contributed by atoms with Crippen molar-refractivity contribution in [2.45, 2.75) is 58.6 Å². The molecule has 0 radical (unpaired) electrons. The molecule has 4 rings (SSSR count). The summed E-state index contributed by atoms with van der Waals surface area (Å²) in [4.78, 5) is 30.2. The first-order valence-electron chi connectivity index (χ1n) is 13.6. The van der Waals surface area contributed by atoms with Gasteiger partial charge in [-0.15, -0.1) is 0 Å². The minimum Gasteiger partial charge on any atom is -0.478 e. The Morgan fingerprint density at radius 1 is 1.08 bits per heavy atom. The number of benzene rings is 2. The van der Waals surface area contributed by atoms with Gasteiger partial charge in [-0.25, -0.2) is 0 Å². The molecular formula is C30H42N4O3. The summed E-state index contributed by atoms with van der Waals surface area (Å²) in [5, 5.41) is 6.42. The molecule has 2 aromatic rings. The first-order valence-corrected chi connectivity index (χ1v) is 13.6. The Bertz CT molecular complexity index is 1060. The van der Waals surface area contributed by atoms with Gasteiger partial charge in [0.25, 0.3) is 5.91 Å². The average molecular weight is 507 g/mol. The number of nitrogens with zero attached hydrogens (tertiary/aromatic N) is 2. The van der Waals surface area contributed by atoms with Crippen molar-refractivity contribution in [2.75, 3.05) is 44.2 Å². The second kappa shape index (κ2) is 12.0. The van der Waals surface area contributed by atoms with Gasteiger partial charge in [0.2, 0.25) is 5.91 Å². The quantitative estimate of drug-likeness (QED) is 0.568. The highest BCUT2D eigenvalue weighted by Gasteiger charge is 2.35. The normalized spacial score (nSPS) is 18.6. The first-order chi connectivity index (χ1) is 17.7. The van der Waals surface area contributed by atoms with E-state index < -0.39 is 5.60 Å². The fraction of sp³-hybridized carbons (Fsp3) is 0.533.